The van der Waals surface area contributed by atoms with E-state index in [-0.39, 0.29) is 17.0 Å². The van der Waals surface area contributed by atoms with Crippen LogP contribution in [0, 0.1) is 5.82 Å². The van der Waals surface area contributed by atoms with Crippen LogP contribution in [0.1, 0.15) is 17.8 Å². The number of aliphatic hydroxyl groups excluding tert-OH is 1. The first-order valence-electron chi connectivity index (χ1n) is 7.59. The average molecular weight is 323 g/mol. The molecule has 120 valence electrons. The third kappa shape index (κ3) is 2.23. The van der Waals surface area contributed by atoms with Crippen LogP contribution in [0.15, 0.2) is 54.4 Å². The van der Waals surface area contributed by atoms with Gasteiger partial charge >= 0.3 is 0 Å². The number of allylic oxidation sites excluding steroid dienone is 1. The van der Waals surface area contributed by atoms with Crippen molar-refractivity contribution in [2.45, 2.75) is 12.8 Å². The van der Waals surface area contributed by atoms with Gasteiger partial charge in [-0.2, -0.15) is 0 Å². The molecular weight excluding hydrogens is 309 g/mol. The number of anilines is 1. The van der Waals surface area contributed by atoms with E-state index in [1.54, 1.807) is 12.1 Å². The van der Waals surface area contributed by atoms with Gasteiger partial charge in [0.25, 0.3) is 5.91 Å². The fourth-order valence-corrected chi connectivity index (χ4v) is 2.97. The second-order valence-electron chi connectivity index (χ2n) is 5.59. The molecule has 0 unspecified atom stereocenters. The van der Waals surface area contributed by atoms with Crippen LogP contribution in [0.4, 0.5) is 10.1 Å². The van der Waals surface area contributed by atoms with Gasteiger partial charge in [0.05, 0.1) is 11.4 Å². The van der Waals surface area contributed by atoms with E-state index in [0.29, 0.717) is 24.2 Å². The zero-order chi connectivity index (χ0) is 16.7. The maximum Gasteiger partial charge on any atom is 0.261 e. The molecule has 6 heteroatoms. The molecule has 3 aromatic rings. The van der Waals surface area contributed by atoms with Gasteiger partial charge in [0.1, 0.15) is 28.5 Å². The molecule has 0 saturated heterocycles. The Kier molecular flexibility index (Phi) is 3.30. The van der Waals surface area contributed by atoms with Crippen molar-refractivity contribution >= 4 is 22.8 Å². The van der Waals surface area contributed by atoms with E-state index in [1.807, 2.05) is 28.8 Å². The van der Waals surface area contributed by atoms with Crippen LogP contribution in [-0.2, 0) is 11.2 Å². The summed E-state index contributed by atoms with van der Waals surface area (Å²) in [6, 6.07) is 11.5. The first-order valence-corrected chi connectivity index (χ1v) is 7.59. The van der Waals surface area contributed by atoms with Gasteiger partial charge in [-0.25, -0.2) is 9.37 Å². The third-order valence-electron chi connectivity index (χ3n) is 4.10. The lowest BCUT2D eigenvalue weighted by atomic mass is 9.97. The number of nitrogens with zero attached hydrogens (tertiary/aromatic N) is 2. The van der Waals surface area contributed by atoms with Crippen LogP contribution in [0.5, 0.6) is 0 Å². The maximum absolute atomic E-state index is 13.8. The molecule has 24 heavy (non-hydrogen) atoms. The molecule has 0 atom stereocenters. The summed E-state index contributed by atoms with van der Waals surface area (Å²) in [4.78, 5) is 17.1. The smallest absolute Gasteiger partial charge is 0.261 e. The Hall–Kier alpha value is -3.15. The third-order valence-corrected chi connectivity index (χ3v) is 4.10. The van der Waals surface area contributed by atoms with Gasteiger partial charge in [0.2, 0.25) is 0 Å². The predicted molar refractivity (Wildman–Crippen MR) is 88.1 cm³/mol. The summed E-state index contributed by atoms with van der Waals surface area (Å²) in [7, 11) is 0. The molecule has 0 saturated carbocycles. The number of hydrogen-bond donors (Lipinski definition) is 2. The quantitative estimate of drug-likeness (QED) is 0.760. The van der Waals surface area contributed by atoms with Crippen molar-refractivity contribution in [1.29, 1.82) is 0 Å². The number of rotatable bonds is 2. The Labute approximate surface area is 137 Å². The fourth-order valence-electron chi connectivity index (χ4n) is 2.97. The Bertz CT molecular complexity index is 991. The lowest BCUT2D eigenvalue weighted by molar-refractivity contribution is -0.111. The van der Waals surface area contributed by atoms with Gasteiger partial charge in [-0.15, -0.1) is 0 Å². The van der Waals surface area contributed by atoms with E-state index in [1.165, 1.54) is 12.1 Å². The van der Waals surface area contributed by atoms with E-state index < -0.39 is 11.7 Å². The Balaban J connectivity index is 1.78. The molecule has 2 heterocycles. The molecule has 1 aromatic carbocycles. The number of carbonyl (C=O) groups excluding carboxylic acids is 1. The predicted octanol–water partition coefficient (Wildman–Crippen LogP) is 3.33. The van der Waals surface area contributed by atoms with E-state index >= 15 is 0 Å². The van der Waals surface area contributed by atoms with Crippen molar-refractivity contribution < 1.29 is 14.3 Å². The Morgan fingerprint density at radius 2 is 1.96 bits per heavy atom. The van der Waals surface area contributed by atoms with Crippen LogP contribution < -0.4 is 5.32 Å². The molecule has 4 rings (SSSR count). The number of aryl methyl sites for hydroxylation is 1. The number of pyridine rings is 1. The minimum Gasteiger partial charge on any atom is -0.511 e. The number of fused-ring (bicyclic) bond motifs is 3. The van der Waals surface area contributed by atoms with E-state index in [0.717, 1.165) is 5.69 Å². The highest BCUT2D eigenvalue weighted by Crippen LogP contribution is 2.31. The number of amides is 1. The van der Waals surface area contributed by atoms with Crippen molar-refractivity contribution in [2.75, 3.05) is 5.32 Å². The molecule has 1 aliphatic rings. The van der Waals surface area contributed by atoms with Gasteiger partial charge < -0.3 is 14.8 Å². The average Bonchev–Trinajstić information content (AvgIpc) is 2.95. The SMILES string of the molecule is O=C(Nc1ccccc1F)C1=C(O)CCc2c1nc1ccccn21. The molecule has 0 aliphatic heterocycles. The first kappa shape index (κ1) is 14.4. The highest BCUT2D eigenvalue weighted by molar-refractivity contribution is 6.26. The number of aliphatic hydroxyl groups is 1. The number of carbonyl (C=O) groups is 1. The number of benzene rings is 1. The van der Waals surface area contributed by atoms with E-state index in [2.05, 4.69) is 10.3 Å². The van der Waals surface area contributed by atoms with E-state index in [4.69, 9.17) is 0 Å². The van der Waals surface area contributed by atoms with Gasteiger partial charge in [0, 0.05) is 12.6 Å². The second-order valence-corrected chi connectivity index (χ2v) is 5.59. The van der Waals surface area contributed by atoms with Crippen molar-refractivity contribution in [1.82, 2.24) is 9.38 Å². The van der Waals surface area contributed by atoms with E-state index in [9.17, 15) is 14.3 Å². The minimum atomic E-state index is -0.568. The van der Waals surface area contributed by atoms with Gasteiger partial charge in [0.15, 0.2) is 0 Å². The molecule has 5 nitrogen and oxygen atoms in total. The zero-order valence-corrected chi connectivity index (χ0v) is 12.7. The summed E-state index contributed by atoms with van der Waals surface area (Å²) in [6.45, 7) is 0. The topological polar surface area (TPSA) is 66.6 Å². The zero-order valence-electron chi connectivity index (χ0n) is 12.7. The summed E-state index contributed by atoms with van der Waals surface area (Å²) in [6.07, 6.45) is 2.80. The molecule has 0 fully saturated rings. The highest BCUT2D eigenvalue weighted by atomic mass is 19.1. The highest BCUT2D eigenvalue weighted by Gasteiger charge is 2.29. The lowest BCUT2D eigenvalue weighted by Crippen LogP contribution is -2.20. The summed E-state index contributed by atoms with van der Waals surface area (Å²) >= 11 is 0. The molecule has 0 radical (unpaired) electrons. The molecule has 1 amide bonds. The number of imidazole rings is 1. The second kappa shape index (κ2) is 5.49. The van der Waals surface area contributed by atoms with Gasteiger partial charge in [-0.05, 0) is 30.7 Å². The Morgan fingerprint density at radius 3 is 2.79 bits per heavy atom. The summed E-state index contributed by atoms with van der Waals surface area (Å²) < 4.78 is 15.7. The molecule has 2 aromatic heterocycles. The fraction of sp³-hybridized carbons (Fsp3) is 0.111. The number of aromatic nitrogens is 2. The molecular formula is C18H14FN3O2. The number of nitrogens with one attached hydrogen (secondary N) is 1. The standard InChI is InChI=1S/C18H14FN3O2/c19-11-5-1-2-6-12(11)20-18(24)16-14(23)9-8-13-17(16)21-15-7-3-4-10-22(13)15/h1-7,10,23H,8-9H2,(H,20,24). The largest absolute Gasteiger partial charge is 0.511 e. The summed E-state index contributed by atoms with van der Waals surface area (Å²) in [5.74, 6) is -1.13. The van der Waals surface area contributed by atoms with Crippen LogP contribution in [0.3, 0.4) is 0 Å². The van der Waals surface area contributed by atoms with Crippen molar-refractivity contribution in [3.8, 4) is 0 Å². The summed E-state index contributed by atoms with van der Waals surface area (Å²) in [5.41, 5.74) is 2.18. The van der Waals surface area contributed by atoms with Crippen LogP contribution in [-0.4, -0.2) is 20.4 Å². The number of hydrogen-bond acceptors (Lipinski definition) is 3. The normalized spacial score (nSPS) is 13.9. The molecule has 2 N–H and O–H groups in total. The van der Waals surface area contributed by atoms with Crippen molar-refractivity contribution in [2.24, 2.45) is 0 Å². The van der Waals surface area contributed by atoms with Crippen LogP contribution in [0.25, 0.3) is 11.2 Å². The van der Waals surface area contributed by atoms with Gasteiger partial charge in [-0.1, -0.05) is 18.2 Å². The van der Waals surface area contributed by atoms with Crippen LogP contribution >= 0.6 is 0 Å². The maximum atomic E-state index is 13.8. The van der Waals surface area contributed by atoms with Crippen molar-refractivity contribution in [3.63, 3.8) is 0 Å². The number of para-hydroxylation sites is 1. The number of halogens is 1. The van der Waals surface area contributed by atoms with Crippen molar-refractivity contribution in [3.05, 3.63) is 71.6 Å². The summed E-state index contributed by atoms with van der Waals surface area (Å²) in [5, 5.41) is 12.7. The molecule has 0 bridgehead atoms. The Morgan fingerprint density at radius 1 is 1.17 bits per heavy atom. The minimum absolute atomic E-state index is 0.0280. The molecule has 0 spiro atoms. The van der Waals surface area contributed by atoms with Crippen LogP contribution in [0.2, 0.25) is 0 Å². The molecule has 1 aliphatic carbocycles. The lowest BCUT2D eigenvalue weighted by Gasteiger charge is -2.16. The monoisotopic (exact) mass is 323 g/mol. The van der Waals surface area contributed by atoms with Gasteiger partial charge in [-0.3, -0.25) is 4.79 Å². The first-order chi connectivity index (χ1) is 11.6.